The number of rotatable bonds is 6. The average molecular weight is 486 g/mol. The van der Waals surface area contributed by atoms with Gasteiger partial charge in [0.25, 0.3) is 11.1 Å². The first-order valence-electron chi connectivity index (χ1n) is 10.8. The SMILES string of the molecule is O=C1S/C(=C/c2ccc(OCc3ccccc3Cl)cc2)C(=O)N1Cc1cccc2ccccc12. The number of ether oxygens (including phenoxy) is 1. The van der Waals surface area contributed by atoms with E-state index in [4.69, 9.17) is 16.3 Å². The van der Waals surface area contributed by atoms with Gasteiger partial charge in [-0.3, -0.25) is 14.5 Å². The van der Waals surface area contributed by atoms with Crippen LogP contribution in [0.5, 0.6) is 5.75 Å². The first-order valence-corrected chi connectivity index (χ1v) is 12.0. The van der Waals surface area contributed by atoms with Crippen molar-refractivity contribution in [3.63, 3.8) is 0 Å². The minimum Gasteiger partial charge on any atom is -0.489 e. The van der Waals surface area contributed by atoms with Crippen LogP contribution in [-0.4, -0.2) is 16.0 Å². The third kappa shape index (κ3) is 4.72. The minimum absolute atomic E-state index is 0.248. The zero-order valence-corrected chi connectivity index (χ0v) is 19.7. The Kier molecular flexibility index (Phi) is 6.39. The van der Waals surface area contributed by atoms with Crippen molar-refractivity contribution >= 4 is 51.4 Å². The maximum absolute atomic E-state index is 13.0. The van der Waals surface area contributed by atoms with Gasteiger partial charge in [-0.25, -0.2) is 0 Å². The van der Waals surface area contributed by atoms with Crippen LogP contribution in [0.1, 0.15) is 16.7 Å². The lowest BCUT2D eigenvalue weighted by Crippen LogP contribution is -2.27. The molecule has 0 spiro atoms. The molecule has 0 N–H and O–H groups in total. The third-order valence-corrected chi connectivity index (χ3v) is 6.89. The number of carbonyl (C=O) groups excluding carboxylic acids is 2. The van der Waals surface area contributed by atoms with Gasteiger partial charge in [0.2, 0.25) is 0 Å². The van der Waals surface area contributed by atoms with Crippen LogP contribution in [0.4, 0.5) is 4.79 Å². The van der Waals surface area contributed by atoms with Crippen LogP contribution in [-0.2, 0) is 17.9 Å². The van der Waals surface area contributed by atoms with Gasteiger partial charge in [0.05, 0.1) is 11.4 Å². The molecule has 34 heavy (non-hydrogen) atoms. The summed E-state index contributed by atoms with van der Waals surface area (Å²) in [6.45, 7) is 0.615. The predicted octanol–water partition coefficient (Wildman–Crippen LogP) is 7.31. The van der Waals surface area contributed by atoms with Crippen LogP contribution in [0.2, 0.25) is 5.02 Å². The van der Waals surface area contributed by atoms with Crippen molar-refractivity contribution in [2.45, 2.75) is 13.2 Å². The molecular weight excluding hydrogens is 466 g/mol. The molecule has 0 radical (unpaired) electrons. The number of nitrogens with zero attached hydrogens (tertiary/aromatic N) is 1. The van der Waals surface area contributed by atoms with E-state index in [2.05, 4.69) is 0 Å². The summed E-state index contributed by atoms with van der Waals surface area (Å²) >= 11 is 7.14. The maximum atomic E-state index is 13.0. The number of imide groups is 1. The molecular formula is C28H20ClNO3S. The zero-order chi connectivity index (χ0) is 23.5. The molecule has 1 fully saturated rings. The largest absolute Gasteiger partial charge is 0.489 e. The van der Waals surface area contributed by atoms with Crippen molar-refractivity contribution < 1.29 is 14.3 Å². The van der Waals surface area contributed by atoms with E-state index >= 15 is 0 Å². The van der Waals surface area contributed by atoms with E-state index in [1.54, 1.807) is 6.08 Å². The highest BCUT2D eigenvalue weighted by atomic mass is 35.5. The molecule has 1 heterocycles. The van der Waals surface area contributed by atoms with E-state index in [0.717, 1.165) is 39.2 Å². The van der Waals surface area contributed by atoms with Gasteiger partial charge in [-0.1, -0.05) is 84.4 Å². The number of halogens is 1. The van der Waals surface area contributed by atoms with Gasteiger partial charge in [-0.05, 0) is 57.9 Å². The summed E-state index contributed by atoms with van der Waals surface area (Å²) in [6, 6.07) is 28.8. The molecule has 6 heteroatoms. The van der Waals surface area contributed by atoms with E-state index in [1.165, 1.54) is 4.90 Å². The van der Waals surface area contributed by atoms with E-state index in [1.807, 2.05) is 91.0 Å². The Hall–Kier alpha value is -3.54. The second kappa shape index (κ2) is 9.75. The minimum atomic E-state index is -0.276. The fraction of sp³-hybridized carbons (Fsp3) is 0.0714. The molecule has 4 nitrogen and oxygen atoms in total. The van der Waals surface area contributed by atoms with E-state index in [-0.39, 0.29) is 17.7 Å². The summed E-state index contributed by atoms with van der Waals surface area (Å²) in [4.78, 5) is 27.3. The van der Waals surface area contributed by atoms with Crippen LogP contribution in [0, 0.1) is 0 Å². The summed E-state index contributed by atoms with van der Waals surface area (Å²) in [6.07, 6.45) is 1.74. The Morgan fingerprint density at radius 3 is 2.35 bits per heavy atom. The van der Waals surface area contributed by atoms with E-state index in [0.29, 0.717) is 22.3 Å². The van der Waals surface area contributed by atoms with E-state index < -0.39 is 0 Å². The molecule has 168 valence electrons. The molecule has 0 atom stereocenters. The lowest BCUT2D eigenvalue weighted by atomic mass is 10.0. The summed E-state index contributed by atoms with van der Waals surface area (Å²) in [5, 5.41) is 2.53. The van der Waals surface area contributed by atoms with Gasteiger partial charge < -0.3 is 4.74 Å². The molecule has 2 amide bonds. The average Bonchev–Trinajstić information content (AvgIpc) is 3.12. The highest BCUT2D eigenvalue weighted by Gasteiger charge is 2.35. The van der Waals surface area contributed by atoms with Gasteiger partial charge >= 0.3 is 0 Å². The standard InChI is InChI=1S/C28H20ClNO3S/c29-25-11-4-2-7-22(25)18-33-23-14-12-19(13-15-23)16-26-27(31)30(28(32)34-26)17-21-9-5-8-20-6-1-3-10-24(20)21/h1-16H,17-18H2/b26-16+. The van der Waals surface area contributed by atoms with Crippen LogP contribution in [0.25, 0.3) is 16.8 Å². The number of hydrogen-bond donors (Lipinski definition) is 0. The van der Waals surface area contributed by atoms with Crippen molar-refractivity contribution in [2.24, 2.45) is 0 Å². The quantitative estimate of drug-likeness (QED) is 0.269. The number of amides is 2. The number of fused-ring (bicyclic) bond motifs is 1. The molecule has 0 aromatic heterocycles. The number of hydrogen-bond acceptors (Lipinski definition) is 4. The second-order valence-corrected chi connectivity index (χ2v) is 9.26. The molecule has 1 saturated heterocycles. The summed E-state index contributed by atoms with van der Waals surface area (Å²) in [5.74, 6) is 0.420. The molecule has 0 unspecified atom stereocenters. The summed E-state index contributed by atoms with van der Waals surface area (Å²) in [7, 11) is 0. The highest BCUT2D eigenvalue weighted by Crippen LogP contribution is 2.34. The van der Waals surface area contributed by atoms with Gasteiger partial charge in [0.1, 0.15) is 12.4 Å². The van der Waals surface area contributed by atoms with Gasteiger partial charge in [-0.15, -0.1) is 0 Å². The normalized spacial score (nSPS) is 14.9. The second-order valence-electron chi connectivity index (χ2n) is 7.86. The van der Waals surface area contributed by atoms with Gasteiger partial charge in [0.15, 0.2) is 0 Å². The Morgan fingerprint density at radius 2 is 1.53 bits per heavy atom. The Morgan fingerprint density at radius 1 is 0.824 bits per heavy atom. The molecule has 4 aromatic carbocycles. The Bertz CT molecular complexity index is 1410. The van der Waals surface area contributed by atoms with Crippen LogP contribution in [0.3, 0.4) is 0 Å². The Labute approximate surface area is 206 Å². The fourth-order valence-electron chi connectivity index (χ4n) is 3.83. The number of carbonyl (C=O) groups is 2. The van der Waals surface area contributed by atoms with Crippen LogP contribution >= 0.6 is 23.4 Å². The molecule has 1 aliphatic heterocycles. The van der Waals surface area contributed by atoms with Crippen LogP contribution in [0.15, 0.2) is 95.9 Å². The first-order chi connectivity index (χ1) is 16.6. The molecule has 0 saturated carbocycles. The lowest BCUT2D eigenvalue weighted by molar-refractivity contribution is -0.123. The molecule has 4 aromatic rings. The fourth-order valence-corrected chi connectivity index (χ4v) is 4.85. The predicted molar refractivity (Wildman–Crippen MR) is 138 cm³/mol. The van der Waals surface area contributed by atoms with Crippen molar-refractivity contribution in [3.8, 4) is 5.75 Å². The topological polar surface area (TPSA) is 46.6 Å². The monoisotopic (exact) mass is 485 g/mol. The van der Waals surface area contributed by atoms with Crippen molar-refractivity contribution in [1.29, 1.82) is 0 Å². The number of benzene rings is 4. The maximum Gasteiger partial charge on any atom is 0.293 e. The van der Waals surface area contributed by atoms with Gasteiger partial charge in [0, 0.05) is 10.6 Å². The first kappa shape index (κ1) is 22.3. The molecule has 0 aliphatic carbocycles. The smallest absolute Gasteiger partial charge is 0.293 e. The van der Waals surface area contributed by atoms with E-state index in [9.17, 15) is 9.59 Å². The summed E-state index contributed by atoms with van der Waals surface area (Å²) in [5.41, 5.74) is 2.68. The number of thioether (sulfide) groups is 1. The Balaban J connectivity index is 1.28. The zero-order valence-electron chi connectivity index (χ0n) is 18.1. The highest BCUT2D eigenvalue weighted by molar-refractivity contribution is 8.18. The van der Waals surface area contributed by atoms with Crippen LogP contribution < -0.4 is 4.74 Å². The molecule has 1 aliphatic rings. The van der Waals surface area contributed by atoms with Crippen molar-refractivity contribution in [2.75, 3.05) is 0 Å². The summed E-state index contributed by atoms with van der Waals surface area (Å²) < 4.78 is 5.81. The van der Waals surface area contributed by atoms with Crippen molar-refractivity contribution in [1.82, 2.24) is 4.90 Å². The van der Waals surface area contributed by atoms with Gasteiger partial charge in [-0.2, -0.15) is 0 Å². The third-order valence-electron chi connectivity index (χ3n) is 5.61. The molecule has 0 bridgehead atoms. The molecule has 5 rings (SSSR count). The van der Waals surface area contributed by atoms with Crippen molar-refractivity contribution in [3.05, 3.63) is 118 Å². The lowest BCUT2D eigenvalue weighted by Gasteiger charge is -2.14.